The zero-order chi connectivity index (χ0) is 11.9. The summed E-state index contributed by atoms with van der Waals surface area (Å²) in [7, 11) is 0. The van der Waals surface area contributed by atoms with Crippen LogP contribution in [-0.4, -0.2) is 22.1 Å². The summed E-state index contributed by atoms with van der Waals surface area (Å²) in [6, 6.07) is 7.00. The van der Waals surface area contributed by atoms with Crippen LogP contribution in [0.5, 0.6) is 0 Å². The average Bonchev–Trinajstić information content (AvgIpc) is 2.41. The maximum absolute atomic E-state index is 11.6. The Morgan fingerprint density at radius 1 is 1.18 bits per heavy atom. The van der Waals surface area contributed by atoms with Crippen molar-refractivity contribution in [1.82, 2.24) is 15.4 Å². The third kappa shape index (κ3) is 3.20. The van der Waals surface area contributed by atoms with Gasteiger partial charge in [-0.25, -0.2) is 5.43 Å². The first-order chi connectivity index (χ1) is 8.36. The van der Waals surface area contributed by atoms with Crippen molar-refractivity contribution in [3.05, 3.63) is 60.2 Å². The molecular formula is C12H10N4O. The molecule has 2 heterocycles. The number of aromatic nitrogens is 2. The fourth-order valence-electron chi connectivity index (χ4n) is 1.18. The van der Waals surface area contributed by atoms with Gasteiger partial charge in [0.15, 0.2) is 0 Å². The second-order valence-electron chi connectivity index (χ2n) is 3.23. The topological polar surface area (TPSA) is 67.2 Å². The number of pyridine rings is 2. The molecule has 0 aliphatic rings. The van der Waals surface area contributed by atoms with Crippen LogP contribution in [-0.2, 0) is 0 Å². The van der Waals surface area contributed by atoms with Crippen molar-refractivity contribution in [2.24, 2.45) is 5.10 Å². The Hall–Kier alpha value is -2.56. The van der Waals surface area contributed by atoms with Crippen molar-refractivity contribution < 1.29 is 4.79 Å². The minimum atomic E-state index is -0.293. The Kier molecular flexibility index (Phi) is 3.54. The zero-order valence-corrected chi connectivity index (χ0v) is 8.95. The number of nitrogens with one attached hydrogen (secondary N) is 1. The first-order valence-electron chi connectivity index (χ1n) is 5.00. The normalized spacial score (nSPS) is 10.4. The molecule has 0 radical (unpaired) electrons. The van der Waals surface area contributed by atoms with E-state index in [0.717, 1.165) is 5.56 Å². The molecule has 5 nitrogen and oxygen atoms in total. The van der Waals surface area contributed by atoms with Crippen LogP contribution in [0.3, 0.4) is 0 Å². The monoisotopic (exact) mass is 226 g/mol. The highest BCUT2D eigenvalue weighted by Crippen LogP contribution is 1.95. The molecule has 0 fully saturated rings. The van der Waals surface area contributed by atoms with Crippen molar-refractivity contribution in [3.8, 4) is 0 Å². The van der Waals surface area contributed by atoms with Crippen molar-refractivity contribution in [3.63, 3.8) is 0 Å². The van der Waals surface area contributed by atoms with Crippen molar-refractivity contribution >= 4 is 12.1 Å². The molecule has 17 heavy (non-hydrogen) atoms. The minimum Gasteiger partial charge on any atom is -0.267 e. The number of carbonyl (C=O) groups is 1. The molecule has 0 aromatic carbocycles. The fraction of sp³-hybridized carbons (Fsp3) is 0. The highest BCUT2D eigenvalue weighted by Gasteiger charge is 2.01. The molecule has 0 aliphatic heterocycles. The number of hydrogen-bond acceptors (Lipinski definition) is 4. The Morgan fingerprint density at radius 2 is 1.94 bits per heavy atom. The van der Waals surface area contributed by atoms with Gasteiger partial charge in [0.1, 0.15) is 0 Å². The molecule has 1 amide bonds. The molecule has 0 atom stereocenters. The van der Waals surface area contributed by atoms with Gasteiger partial charge < -0.3 is 0 Å². The van der Waals surface area contributed by atoms with Crippen molar-refractivity contribution in [2.75, 3.05) is 0 Å². The molecule has 1 N–H and O–H groups in total. The lowest BCUT2D eigenvalue weighted by Gasteiger charge is -1.97. The summed E-state index contributed by atoms with van der Waals surface area (Å²) in [5.74, 6) is -0.293. The van der Waals surface area contributed by atoms with Crippen LogP contribution in [0.4, 0.5) is 0 Å². The van der Waals surface area contributed by atoms with Crippen LogP contribution in [0.2, 0.25) is 0 Å². The zero-order valence-electron chi connectivity index (χ0n) is 8.95. The van der Waals surface area contributed by atoms with E-state index in [4.69, 9.17) is 0 Å². The SMILES string of the molecule is O=C(N/N=C\c1cccnc1)c1cccnc1. The Labute approximate surface area is 98.2 Å². The molecule has 2 aromatic heterocycles. The minimum absolute atomic E-state index is 0.293. The van der Waals surface area contributed by atoms with Crippen molar-refractivity contribution in [1.29, 1.82) is 0 Å². The van der Waals surface area contributed by atoms with Gasteiger partial charge in [0.25, 0.3) is 5.91 Å². The van der Waals surface area contributed by atoms with Gasteiger partial charge in [0.2, 0.25) is 0 Å². The maximum Gasteiger partial charge on any atom is 0.272 e. The van der Waals surface area contributed by atoms with Gasteiger partial charge in [0.05, 0.1) is 11.8 Å². The second kappa shape index (κ2) is 5.50. The lowest BCUT2D eigenvalue weighted by atomic mass is 10.3. The molecule has 84 valence electrons. The summed E-state index contributed by atoms with van der Waals surface area (Å²) in [4.78, 5) is 19.3. The molecule has 2 rings (SSSR count). The van der Waals surface area contributed by atoms with Gasteiger partial charge in [0, 0.05) is 30.4 Å². The fourth-order valence-corrected chi connectivity index (χ4v) is 1.18. The van der Waals surface area contributed by atoms with Crippen LogP contribution in [0.15, 0.2) is 54.2 Å². The Balaban J connectivity index is 1.95. The van der Waals surface area contributed by atoms with E-state index in [1.807, 2.05) is 6.07 Å². The maximum atomic E-state index is 11.6. The summed E-state index contributed by atoms with van der Waals surface area (Å²) in [5.41, 5.74) is 3.70. The number of carbonyl (C=O) groups excluding carboxylic acids is 1. The van der Waals surface area contributed by atoms with Crippen molar-refractivity contribution in [2.45, 2.75) is 0 Å². The Bertz CT molecular complexity index is 511. The van der Waals surface area contributed by atoms with E-state index < -0.39 is 0 Å². The molecule has 2 aromatic rings. The van der Waals surface area contributed by atoms with Crippen LogP contribution >= 0.6 is 0 Å². The number of hydrazone groups is 1. The highest BCUT2D eigenvalue weighted by molar-refractivity contribution is 5.94. The second-order valence-corrected chi connectivity index (χ2v) is 3.23. The largest absolute Gasteiger partial charge is 0.272 e. The third-order valence-corrected chi connectivity index (χ3v) is 1.99. The first-order valence-corrected chi connectivity index (χ1v) is 5.00. The summed E-state index contributed by atoms with van der Waals surface area (Å²) in [6.07, 6.45) is 7.94. The number of hydrogen-bond donors (Lipinski definition) is 1. The predicted octanol–water partition coefficient (Wildman–Crippen LogP) is 1.24. The summed E-state index contributed by atoms with van der Waals surface area (Å²) in [6.45, 7) is 0. The lowest BCUT2D eigenvalue weighted by molar-refractivity contribution is 0.0955. The first kappa shape index (κ1) is 10.9. The molecule has 0 saturated heterocycles. The van der Waals surface area contributed by atoms with Gasteiger partial charge in [-0.2, -0.15) is 5.10 Å². The van der Waals surface area contributed by atoms with E-state index in [9.17, 15) is 4.79 Å². The van der Waals surface area contributed by atoms with Crippen LogP contribution < -0.4 is 5.43 Å². The quantitative estimate of drug-likeness (QED) is 0.632. The Morgan fingerprint density at radius 3 is 2.59 bits per heavy atom. The lowest BCUT2D eigenvalue weighted by Crippen LogP contribution is -2.17. The van der Waals surface area contributed by atoms with Gasteiger partial charge in [-0.15, -0.1) is 0 Å². The molecule has 0 spiro atoms. The summed E-state index contributed by atoms with van der Waals surface area (Å²) >= 11 is 0. The van der Waals surface area contributed by atoms with Gasteiger partial charge in [-0.1, -0.05) is 6.07 Å². The van der Waals surface area contributed by atoms with Crippen LogP contribution in [0.1, 0.15) is 15.9 Å². The predicted molar refractivity (Wildman–Crippen MR) is 63.5 cm³/mol. The average molecular weight is 226 g/mol. The molecular weight excluding hydrogens is 216 g/mol. The molecule has 0 bridgehead atoms. The molecule has 0 unspecified atom stereocenters. The van der Waals surface area contributed by atoms with E-state index >= 15 is 0 Å². The molecule has 0 aliphatic carbocycles. The van der Waals surface area contributed by atoms with Gasteiger partial charge in [-0.05, 0) is 18.2 Å². The number of amides is 1. The number of nitrogens with zero attached hydrogens (tertiary/aromatic N) is 3. The molecule has 5 heteroatoms. The third-order valence-electron chi connectivity index (χ3n) is 1.99. The van der Waals surface area contributed by atoms with Crippen LogP contribution in [0.25, 0.3) is 0 Å². The highest BCUT2D eigenvalue weighted by atomic mass is 16.2. The standard InChI is InChI=1S/C12H10N4O/c17-12(11-4-2-6-14-9-11)16-15-8-10-3-1-5-13-7-10/h1-9H,(H,16,17)/b15-8-. The molecule has 0 saturated carbocycles. The summed E-state index contributed by atoms with van der Waals surface area (Å²) < 4.78 is 0. The van der Waals surface area contributed by atoms with Crippen LogP contribution in [0, 0.1) is 0 Å². The van der Waals surface area contributed by atoms with E-state index in [-0.39, 0.29) is 5.91 Å². The van der Waals surface area contributed by atoms with Gasteiger partial charge >= 0.3 is 0 Å². The van der Waals surface area contributed by atoms with E-state index in [1.165, 1.54) is 12.4 Å². The van der Waals surface area contributed by atoms with E-state index in [1.54, 1.807) is 36.8 Å². The van der Waals surface area contributed by atoms with E-state index in [0.29, 0.717) is 5.56 Å². The van der Waals surface area contributed by atoms with Gasteiger partial charge in [-0.3, -0.25) is 14.8 Å². The number of rotatable bonds is 3. The van der Waals surface area contributed by atoms with E-state index in [2.05, 4.69) is 20.5 Å². The summed E-state index contributed by atoms with van der Waals surface area (Å²) in [5, 5.41) is 3.83. The smallest absolute Gasteiger partial charge is 0.267 e.